The van der Waals surface area contributed by atoms with Crippen molar-refractivity contribution in [1.82, 2.24) is 0 Å². The van der Waals surface area contributed by atoms with Gasteiger partial charge in [0.15, 0.2) is 0 Å². The zero-order valence-corrected chi connectivity index (χ0v) is 14.1. The molecule has 0 aromatic carbocycles. The summed E-state index contributed by atoms with van der Waals surface area (Å²) >= 11 is 0. The minimum atomic E-state index is -0.198. The fourth-order valence-electron chi connectivity index (χ4n) is 2.46. The molecule has 0 N–H and O–H groups in total. The van der Waals surface area contributed by atoms with E-state index >= 15 is 0 Å². The van der Waals surface area contributed by atoms with Crippen molar-refractivity contribution in [3.63, 3.8) is 0 Å². The van der Waals surface area contributed by atoms with Gasteiger partial charge in [0.25, 0.3) is 0 Å². The lowest BCUT2D eigenvalue weighted by atomic mass is 9.95. The molecule has 0 saturated carbocycles. The van der Waals surface area contributed by atoms with Crippen molar-refractivity contribution < 1.29 is 19.1 Å². The number of hydrogen-bond acceptors (Lipinski definition) is 4. The van der Waals surface area contributed by atoms with Crippen LogP contribution in [0.2, 0.25) is 0 Å². The number of unbranched alkanes of at least 4 members (excludes halogenated alkanes) is 7. The summed E-state index contributed by atoms with van der Waals surface area (Å²) < 4.78 is 5.24. The fraction of sp³-hybridized carbons (Fsp3) is 0.833. The first-order valence-electron chi connectivity index (χ1n) is 8.77. The summed E-state index contributed by atoms with van der Waals surface area (Å²) in [5, 5.41) is 0. The first kappa shape index (κ1) is 20.8. The molecule has 0 fully saturated rings. The molecule has 0 aliphatic rings. The minimum absolute atomic E-state index is 0.0567. The van der Waals surface area contributed by atoms with Gasteiger partial charge in [0, 0.05) is 19.3 Å². The molecule has 0 aromatic heterocycles. The molecule has 0 amide bonds. The first-order chi connectivity index (χ1) is 10.7. The number of esters is 1. The fourth-order valence-corrected chi connectivity index (χ4v) is 2.46. The Morgan fingerprint density at radius 2 is 1.68 bits per heavy atom. The normalized spacial score (nSPS) is 11.9. The van der Waals surface area contributed by atoms with E-state index in [2.05, 4.69) is 6.92 Å². The molecule has 0 radical (unpaired) electrons. The number of hydrogen-bond donors (Lipinski definition) is 0. The smallest absolute Gasteiger partial charge is 0.306 e. The Bertz CT molecular complexity index is 289. The van der Waals surface area contributed by atoms with Gasteiger partial charge in [-0.05, 0) is 25.2 Å². The van der Waals surface area contributed by atoms with Crippen LogP contribution in [0.3, 0.4) is 0 Å². The van der Waals surface area contributed by atoms with Gasteiger partial charge in [-0.25, -0.2) is 0 Å². The van der Waals surface area contributed by atoms with Gasteiger partial charge in [0.05, 0.1) is 6.61 Å². The predicted octanol–water partition coefficient (Wildman–Crippen LogP) is 4.24. The summed E-state index contributed by atoms with van der Waals surface area (Å²) in [6, 6.07) is 0. The maximum Gasteiger partial charge on any atom is 0.306 e. The Labute approximate surface area is 135 Å². The van der Waals surface area contributed by atoms with Crippen LogP contribution in [0.4, 0.5) is 0 Å². The summed E-state index contributed by atoms with van der Waals surface area (Å²) in [5.41, 5.74) is 0. The van der Waals surface area contributed by atoms with Crippen LogP contribution in [0.15, 0.2) is 0 Å². The topological polar surface area (TPSA) is 60.4 Å². The van der Waals surface area contributed by atoms with Crippen LogP contribution in [0.1, 0.15) is 84.0 Å². The second-order valence-electron chi connectivity index (χ2n) is 5.91. The van der Waals surface area contributed by atoms with Crippen LogP contribution >= 0.6 is 0 Å². The maximum absolute atomic E-state index is 11.8. The maximum atomic E-state index is 11.8. The second-order valence-corrected chi connectivity index (χ2v) is 5.91. The highest BCUT2D eigenvalue weighted by Gasteiger charge is 2.14. The van der Waals surface area contributed by atoms with E-state index < -0.39 is 0 Å². The van der Waals surface area contributed by atoms with Crippen molar-refractivity contribution in [1.29, 1.82) is 0 Å². The van der Waals surface area contributed by atoms with Gasteiger partial charge >= 0.3 is 5.97 Å². The van der Waals surface area contributed by atoms with Crippen LogP contribution in [-0.2, 0) is 19.1 Å². The molecule has 4 nitrogen and oxygen atoms in total. The van der Waals surface area contributed by atoms with E-state index in [9.17, 15) is 14.4 Å². The molecule has 1 unspecified atom stereocenters. The Morgan fingerprint density at radius 3 is 2.36 bits per heavy atom. The monoisotopic (exact) mass is 312 g/mol. The highest BCUT2D eigenvalue weighted by molar-refractivity contribution is 5.70. The van der Waals surface area contributed by atoms with Crippen molar-refractivity contribution in [2.75, 3.05) is 6.61 Å². The number of ether oxygens (including phenoxy) is 1. The van der Waals surface area contributed by atoms with Gasteiger partial charge in [-0.3, -0.25) is 4.79 Å². The summed E-state index contributed by atoms with van der Waals surface area (Å²) in [4.78, 5) is 32.7. The van der Waals surface area contributed by atoms with Crippen molar-refractivity contribution in [3.8, 4) is 0 Å². The lowest BCUT2D eigenvalue weighted by Crippen LogP contribution is -2.13. The van der Waals surface area contributed by atoms with Crippen LogP contribution in [-0.4, -0.2) is 25.1 Å². The largest absolute Gasteiger partial charge is 0.466 e. The molecule has 128 valence electrons. The molecular formula is C18H32O4. The third-order valence-electron chi connectivity index (χ3n) is 3.83. The summed E-state index contributed by atoms with van der Waals surface area (Å²) in [6.07, 6.45) is 12.5. The van der Waals surface area contributed by atoms with Crippen molar-refractivity contribution in [2.45, 2.75) is 84.0 Å². The van der Waals surface area contributed by atoms with Gasteiger partial charge < -0.3 is 14.3 Å². The van der Waals surface area contributed by atoms with E-state index in [1.807, 2.05) is 0 Å². The molecule has 22 heavy (non-hydrogen) atoms. The Kier molecular flexibility index (Phi) is 15.3. The van der Waals surface area contributed by atoms with Gasteiger partial charge in [-0.1, -0.05) is 45.4 Å². The van der Waals surface area contributed by atoms with Crippen molar-refractivity contribution in [3.05, 3.63) is 0 Å². The zero-order chi connectivity index (χ0) is 16.5. The zero-order valence-electron chi connectivity index (χ0n) is 14.1. The number of carbonyl (C=O) groups is 3. The third kappa shape index (κ3) is 13.8. The van der Waals surface area contributed by atoms with Crippen LogP contribution in [0.25, 0.3) is 0 Å². The lowest BCUT2D eigenvalue weighted by molar-refractivity contribution is -0.145. The highest BCUT2D eigenvalue weighted by Crippen LogP contribution is 2.17. The summed E-state index contributed by atoms with van der Waals surface area (Å²) in [6.45, 7) is 2.68. The summed E-state index contributed by atoms with van der Waals surface area (Å²) in [7, 11) is 0. The molecular weight excluding hydrogens is 280 g/mol. The van der Waals surface area contributed by atoms with E-state index in [0.717, 1.165) is 44.7 Å². The lowest BCUT2D eigenvalue weighted by Gasteiger charge is -2.13. The second kappa shape index (κ2) is 16.2. The van der Waals surface area contributed by atoms with Crippen LogP contribution in [0, 0.1) is 5.92 Å². The van der Waals surface area contributed by atoms with E-state index in [1.54, 1.807) is 0 Å². The Hall–Kier alpha value is -1.19. The average Bonchev–Trinajstić information content (AvgIpc) is 2.51. The third-order valence-corrected chi connectivity index (χ3v) is 3.83. The Morgan fingerprint density at radius 1 is 0.955 bits per heavy atom. The van der Waals surface area contributed by atoms with Crippen molar-refractivity contribution in [2.24, 2.45) is 5.92 Å². The number of carbonyl (C=O) groups excluding carboxylic acids is 3. The van der Waals surface area contributed by atoms with E-state index in [-0.39, 0.29) is 11.9 Å². The van der Waals surface area contributed by atoms with Gasteiger partial charge in [-0.15, -0.1) is 0 Å². The van der Waals surface area contributed by atoms with Crippen molar-refractivity contribution >= 4 is 18.5 Å². The number of aldehydes is 2. The SMILES string of the molecule is CCCCCCCCOC(=O)CC(CC=O)CCCCC=O. The predicted molar refractivity (Wildman–Crippen MR) is 87.7 cm³/mol. The molecule has 0 spiro atoms. The van der Waals surface area contributed by atoms with E-state index in [4.69, 9.17) is 4.74 Å². The molecule has 0 saturated heterocycles. The first-order valence-corrected chi connectivity index (χ1v) is 8.77. The van der Waals surface area contributed by atoms with Gasteiger partial charge in [0.1, 0.15) is 12.6 Å². The van der Waals surface area contributed by atoms with Crippen LogP contribution in [0.5, 0.6) is 0 Å². The quantitative estimate of drug-likeness (QED) is 0.243. The molecule has 0 aliphatic carbocycles. The van der Waals surface area contributed by atoms with E-state index in [1.165, 1.54) is 25.7 Å². The minimum Gasteiger partial charge on any atom is -0.466 e. The van der Waals surface area contributed by atoms with Gasteiger partial charge in [0.2, 0.25) is 0 Å². The molecule has 0 bridgehead atoms. The molecule has 0 aromatic rings. The van der Waals surface area contributed by atoms with E-state index in [0.29, 0.717) is 25.9 Å². The standard InChI is InChI=1S/C18H32O4/c1-2-3-4-5-6-10-15-22-18(21)16-17(12-14-20)11-8-7-9-13-19/h13-14,17H,2-12,15-16H2,1H3. The molecule has 0 rings (SSSR count). The van der Waals surface area contributed by atoms with Gasteiger partial charge in [-0.2, -0.15) is 0 Å². The Balaban J connectivity index is 3.69. The molecule has 1 atom stereocenters. The number of rotatable bonds is 16. The summed E-state index contributed by atoms with van der Waals surface area (Å²) in [5.74, 6) is -0.142. The molecule has 0 heterocycles. The molecule has 4 heteroatoms. The molecule has 0 aliphatic heterocycles. The highest BCUT2D eigenvalue weighted by atomic mass is 16.5. The average molecular weight is 312 g/mol. The van der Waals surface area contributed by atoms with Crippen LogP contribution < -0.4 is 0 Å².